The van der Waals surface area contributed by atoms with E-state index in [1.807, 2.05) is 0 Å². The summed E-state index contributed by atoms with van der Waals surface area (Å²) >= 11 is 0. The number of nitrogen functional groups attached to an aromatic ring is 1. The molecule has 19 heavy (non-hydrogen) atoms. The van der Waals surface area contributed by atoms with E-state index in [-0.39, 0.29) is 17.1 Å². The summed E-state index contributed by atoms with van der Waals surface area (Å²) in [6, 6.07) is 4.46. The van der Waals surface area contributed by atoms with Crippen molar-refractivity contribution in [2.75, 3.05) is 12.3 Å². The van der Waals surface area contributed by atoms with Crippen LogP contribution in [0.2, 0.25) is 0 Å². The molecule has 0 aliphatic carbocycles. The lowest BCUT2D eigenvalue weighted by Gasteiger charge is -2.26. The molecule has 0 fully saturated rings. The molecule has 7 heteroatoms. The SMILES string of the molecule is Cc1cccc(N)c1S(=O)(=O)N(CC(N)=O)C(C)C. The molecule has 0 heterocycles. The number of amides is 1. The first kappa shape index (κ1) is 15.5. The number of sulfonamides is 1. The summed E-state index contributed by atoms with van der Waals surface area (Å²) in [6.07, 6.45) is 0. The van der Waals surface area contributed by atoms with Crippen LogP contribution in [0.5, 0.6) is 0 Å². The fourth-order valence-corrected chi connectivity index (χ4v) is 3.77. The van der Waals surface area contributed by atoms with E-state index in [1.54, 1.807) is 32.9 Å². The highest BCUT2D eigenvalue weighted by Crippen LogP contribution is 2.26. The summed E-state index contributed by atoms with van der Waals surface area (Å²) in [7, 11) is -3.85. The highest BCUT2D eigenvalue weighted by molar-refractivity contribution is 7.89. The van der Waals surface area contributed by atoms with Crippen LogP contribution in [0.15, 0.2) is 23.1 Å². The van der Waals surface area contributed by atoms with Crippen molar-refractivity contribution in [1.29, 1.82) is 0 Å². The monoisotopic (exact) mass is 285 g/mol. The maximum absolute atomic E-state index is 12.6. The fourth-order valence-electron chi connectivity index (χ4n) is 1.84. The zero-order valence-corrected chi connectivity index (χ0v) is 12.1. The molecule has 4 N–H and O–H groups in total. The number of hydrogen-bond donors (Lipinski definition) is 2. The molecule has 0 radical (unpaired) electrons. The van der Waals surface area contributed by atoms with Gasteiger partial charge in [-0.25, -0.2) is 8.42 Å². The first-order valence-corrected chi connectivity index (χ1v) is 7.27. The minimum absolute atomic E-state index is 0.0324. The van der Waals surface area contributed by atoms with E-state index in [0.717, 1.165) is 4.31 Å². The van der Waals surface area contributed by atoms with Crippen LogP contribution in [0.25, 0.3) is 0 Å². The summed E-state index contributed by atoms with van der Waals surface area (Å²) in [6.45, 7) is 4.64. The minimum atomic E-state index is -3.85. The predicted octanol–water partition coefficient (Wildman–Crippen LogP) is 0.462. The van der Waals surface area contributed by atoms with E-state index in [9.17, 15) is 13.2 Å². The van der Waals surface area contributed by atoms with Gasteiger partial charge in [0.15, 0.2) is 0 Å². The number of carbonyl (C=O) groups is 1. The highest BCUT2D eigenvalue weighted by Gasteiger charge is 2.31. The minimum Gasteiger partial charge on any atom is -0.398 e. The van der Waals surface area contributed by atoms with Crippen LogP contribution in [0.4, 0.5) is 5.69 Å². The van der Waals surface area contributed by atoms with Crippen molar-refractivity contribution in [2.45, 2.75) is 31.7 Å². The molecular weight excluding hydrogens is 266 g/mol. The molecule has 0 aliphatic heterocycles. The Morgan fingerprint density at radius 2 is 1.95 bits per heavy atom. The Labute approximate surface area is 113 Å². The molecule has 6 nitrogen and oxygen atoms in total. The van der Waals surface area contributed by atoms with E-state index in [4.69, 9.17) is 11.5 Å². The van der Waals surface area contributed by atoms with Crippen molar-refractivity contribution in [3.63, 3.8) is 0 Å². The molecule has 106 valence electrons. The normalized spacial score (nSPS) is 12.1. The lowest BCUT2D eigenvalue weighted by atomic mass is 10.2. The third-order valence-electron chi connectivity index (χ3n) is 2.70. The van der Waals surface area contributed by atoms with Crippen LogP contribution in [0.3, 0.4) is 0 Å². The van der Waals surface area contributed by atoms with Crippen molar-refractivity contribution >= 4 is 21.6 Å². The van der Waals surface area contributed by atoms with E-state index >= 15 is 0 Å². The van der Waals surface area contributed by atoms with Gasteiger partial charge in [-0.05, 0) is 32.4 Å². The third kappa shape index (κ3) is 3.24. The van der Waals surface area contributed by atoms with Crippen molar-refractivity contribution < 1.29 is 13.2 Å². The summed E-state index contributed by atoms with van der Waals surface area (Å²) in [5.41, 5.74) is 11.6. The lowest BCUT2D eigenvalue weighted by Crippen LogP contribution is -2.43. The number of nitrogens with zero attached hydrogens (tertiary/aromatic N) is 1. The average molecular weight is 285 g/mol. The third-order valence-corrected chi connectivity index (χ3v) is 4.94. The zero-order chi connectivity index (χ0) is 14.8. The Kier molecular flexibility index (Phi) is 4.54. The second-order valence-corrected chi connectivity index (χ2v) is 6.43. The van der Waals surface area contributed by atoms with Gasteiger partial charge in [0.05, 0.1) is 12.2 Å². The molecule has 0 aromatic heterocycles. The zero-order valence-electron chi connectivity index (χ0n) is 11.3. The molecule has 0 bridgehead atoms. The van der Waals surface area contributed by atoms with Gasteiger partial charge < -0.3 is 11.5 Å². The van der Waals surface area contributed by atoms with Crippen LogP contribution >= 0.6 is 0 Å². The average Bonchev–Trinajstić information content (AvgIpc) is 2.24. The quantitative estimate of drug-likeness (QED) is 0.766. The number of nitrogens with two attached hydrogens (primary N) is 2. The molecule has 0 aliphatic rings. The number of carbonyl (C=O) groups excluding carboxylic acids is 1. The number of hydrogen-bond acceptors (Lipinski definition) is 4. The molecule has 1 rings (SSSR count). The van der Waals surface area contributed by atoms with Gasteiger partial charge in [-0.1, -0.05) is 12.1 Å². The van der Waals surface area contributed by atoms with E-state index in [2.05, 4.69) is 0 Å². The second kappa shape index (κ2) is 5.58. The van der Waals surface area contributed by atoms with Crippen LogP contribution in [0, 0.1) is 6.92 Å². The Hall–Kier alpha value is -1.60. The molecule has 1 aromatic carbocycles. The van der Waals surface area contributed by atoms with Crippen molar-refractivity contribution in [2.24, 2.45) is 5.73 Å². The van der Waals surface area contributed by atoms with Gasteiger partial charge in [0.25, 0.3) is 0 Å². The second-order valence-electron chi connectivity index (χ2n) is 4.60. The van der Waals surface area contributed by atoms with Gasteiger partial charge in [0, 0.05) is 6.04 Å². The predicted molar refractivity (Wildman–Crippen MR) is 73.8 cm³/mol. The van der Waals surface area contributed by atoms with Gasteiger partial charge in [-0.15, -0.1) is 0 Å². The summed E-state index contributed by atoms with van der Waals surface area (Å²) in [5, 5.41) is 0. The number of rotatable bonds is 5. The summed E-state index contributed by atoms with van der Waals surface area (Å²) in [5.74, 6) is -0.704. The standard InChI is InChI=1S/C12H19N3O3S/c1-8(2)15(7-11(14)16)19(17,18)12-9(3)5-4-6-10(12)13/h4-6,8H,7,13H2,1-3H3,(H2,14,16). The molecule has 0 spiro atoms. The highest BCUT2D eigenvalue weighted by atomic mass is 32.2. The first-order valence-electron chi connectivity index (χ1n) is 5.83. The largest absolute Gasteiger partial charge is 0.398 e. The van der Waals surface area contributed by atoms with Gasteiger partial charge in [0.2, 0.25) is 15.9 Å². The van der Waals surface area contributed by atoms with Crippen LogP contribution < -0.4 is 11.5 Å². The summed E-state index contributed by atoms with van der Waals surface area (Å²) < 4.78 is 26.2. The Bertz CT molecular complexity index is 562. The van der Waals surface area contributed by atoms with Gasteiger partial charge >= 0.3 is 0 Å². The van der Waals surface area contributed by atoms with Crippen LogP contribution in [0.1, 0.15) is 19.4 Å². The lowest BCUT2D eigenvalue weighted by molar-refractivity contribution is -0.118. The van der Waals surface area contributed by atoms with Crippen LogP contribution in [-0.2, 0) is 14.8 Å². The number of benzene rings is 1. The number of primary amides is 1. The van der Waals surface area contributed by atoms with E-state index in [0.29, 0.717) is 5.56 Å². The Balaban J connectivity index is 3.39. The Morgan fingerprint density at radius 3 is 2.37 bits per heavy atom. The number of anilines is 1. The van der Waals surface area contributed by atoms with Crippen molar-refractivity contribution in [1.82, 2.24) is 4.31 Å². The number of aryl methyl sites for hydroxylation is 1. The van der Waals surface area contributed by atoms with Gasteiger partial charge in [-0.3, -0.25) is 4.79 Å². The smallest absolute Gasteiger partial charge is 0.246 e. The molecule has 1 amide bonds. The molecule has 0 atom stereocenters. The molecule has 1 aromatic rings. The molecule has 0 saturated heterocycles. The first-order chi connectivity index (χ1) is 8.67. The maximum atomic E-state index is 12.6. The van der Waals surface area contributed by atoms with E-state index < -0.39 is 22.0 Å². The Morgan fingerprint density at radius 1 is 1.37 bits per heavy atom. The molecule has 0 unspecified atom stereocenters. The maximum Gasteiger partial charge on any atom is 0.246 e. The van der Waals surface area contributed by atoms with Crippen molar-refractivity contribution in [3.05, 3.63) is 23.8 Å². The van der Waals surface area contributed by atoms with Gasteiger partial charge in [-0.2, -0.15) is 4.31 Å². The van der Waals surface area contributed by atoms with Crippen LogP contribution in [-0.4, -0.2) is 31.2 Å². The molecular formula is C12H19N3O3S. The fraction of sp³-hybridized carbons (Fsp3) is 0.417. The van der Waals surface area contributed by atoms with Crippen molar-refractivity contribution in [3.8, 4) is 0 Å². The molecule has 0 saturated carbocycles. The van der Waals surface area contributed by atoms with E-state index in [1.165, 1.54) is 6.07 Å². The topological polar surface area (TPSA) is 106 Å². The van der Waals surface area contributed by atoms with Gasteiger partial charge in [0.1, 0.15) is 4.90 Å². The summed E-state index contributed by atoms with van der Waals surface area (Å²) in [4.78, 5) is 11.1.